The minimum absolute atomic E-state index is 0.587. The fourth-order valence-corrected chi connectivity index (χ4v) is 4.68. The summed E-state index contributed by atoms with van der Waals surface area (Å²) in [6, 6.07) is 10.4. The van der Waals surface area contributed by atoms with Gasteiger partial charge in [0.25, 0.3) is 0 Å². The van der Waals surface area contributed by atoms with Gasteiger partial charge in [-0.15, -0.1) is 11.8 Å². The van der Waals surface area contributed by atoms with Crippen LogP contribution >= 0.6 is 23.4 Å². The van der Waals surface area contributed by atoms with Crippen LogP contribution < -0.4 is 0 Å². The summed E-state index contributed by atoms with van der Waals surface area (Å²) in [7, 11) is 0. The highest BCUT2D eigenvalue weighted by molar-refractivity contribution is 8.00. The van der Waals surface area contributed by atoms with Gasteiger partial charge in [0.1, 0.15) is 0 Å². The molecule has 1 aliphatic heterocycles. The number of likely N-dealkylation sites (tertiary alicyclic amines) is 1. The second-order valence-corrected chi connectivity index (χ2v) is 7.87. The van der Waals surface area contributed by atoms with E-state index in [1.165, 1.54) is 22.3 Å². The van der Waals surface area contributed by atoms with E-state index < -0.39 is 0 Å². The molecular formula is C19H18ClN3S. The van der Waals surface area contributed by atoms with Gasteiger partial charge in [-0.2, -0.15) is 0 Å². The molecule has 0 aliphatic carbocycles. The van der Waals surface area contributed by atoms with Gasteiger partial charge < -0.3 is 0 Å². The molecule has 4 rings (SSSR count). The molecular weight excluding hydrogens is 338 g/mol. The molecule has 2 aromatic heterocycles. The Kier molecular flexibility index (Phi) is 4.69. The number of fused-ring (bicyclic) bond motifs is 1. The number of aromatic nitrogens is 2. The minimum atomic E-state index is 0.587. The van der Waals surface area contributed by atoms with Crippen LogP contribution in [0.4, 0.5) is 0 Å². The van der Waals surface area contributed by atoms with E-state index in [0.29, 0.717) is 5.25 Å². The molecule has 0 spiro atoms. The second-order valence-electron chi connectivity index (χ2n) is 6.12. The molecule has 1 atom stereocenters. The molecule has 0 bridgehead atoms. The van der Waals surface area contributed by atoms with Crippen molar-refractivity contribution in [3.63, 3.8) is 0 Å². The molecule has 3 aromatic rings. The van der Waals surface area contributed by atoms with Gasteiger partial charge in [-0.1, -0.05) is 11.6 Å². The third-order valence-corrected chi connectivity index (χ3v) is 6.10. The molecule has 1 aromatic carbocycles. The van der Waals surface area contributed by atoms with Crippen LogP contribution in [0.25, 0.3) is 10.8 Å². The summed E-state index contributed by atoms with van der Waals surface area (Å²) >= 11 is 8.38. The quantitative estimate of drug-likeness (QED) is 0.681. The standard InChI is InChI=1S/C19H18ClN3S/c20-18-9-16-11-22-7-3-15(16)10-19(18)24-17-4-8-23(13-17)12-14-1-5-21-6-2-14/h1-3,5-7,9-11,17H,4,8,12-13H2/t17-/m0/s1. The predicted octanol–water partition coefficient (Wildman–Crippen LogP) is 4.65. The summed E-state index contributed by atoms with van der Waals surface area (Å²) in [6.45, 7) is 3.23. The Morgan fingerprint density at radius 2 is 1.92 bits per heavy atom. The molecule has 5 heteroatoms. The number of hydrogen-bond acceptors (Lipinski definition) is 4. The third-order valence-electron chi connectivity index (χ3n) is 4.37. The molecule has 1 fully saturated rings. The number of rotatable bonds is 4. The zero-order valence-electron chi connectivity index (χ0n) is 13.2. The predicted molar refractivity (Wildman–Crippen MR) is 101 cm³/mol. The van der Waals surface area contributed by atoms with Gasteiger partial charge in [0.2, 0.25) is 0 Å². The summed E-state index contributed by atoms with van der Waals surface area (Å²) in [5, 5.41) is 3.71. The molecule has 3 heterocycles. The third kappa shape index (κ3) is 3.56. The van der Waals surface area contributed by atoms with Crippen LogP contribution in [-0.4, -0.2) is 33.2 Å². The van der Waals surface area contributed by atoms with Crippen LogP contribution in [0, 0.1) is 0 Å². The summed E-state index contributed by atoms with van der Waals surface area (Å²) in [4.78, 5) is 11.9. The van der Waals surface area contributed by atoms with Crippen LogP contribution in [0.3, 0.4) is 0 Å². The molecule has 1 saturated heterocycles. The Morgan fingerprint density at radius 3 is 2.79 bits per heavy atom. The van der Waals surface area contributed by atoms with Gasteiger partial charge in [0.15, 0.2) is 0 Å². The molecule has 122 valence electrons. The largest absolute Gasteiger partial charge is 0.298 e. The van der Waals surface area contributed by atoms with Gasteiger partial charge in [0.05, 0.1) is 5.02 Å². The monoisotopic (exact) mass is 355 g/mol. The smallest absolute Gasteiger partial charge is 0.0548 e. The highest BCUT2D eigenvalue weighted by Crippen LogP contribution is 2.37. The Bertz CT molecular complexity index is 840. The normalized spacial score (nSPS) is 18.3. The van der Waals surface area contributed by atoms with Gasteiger partial charge >= 0.3 is 0 Å². The molecule has 3 nitrogen and oxygen atoms in total. The van der Waals surface area contributed by atoms with Crippen molar-refractivity contribution in [2.24, 2.45) is 0 Å². The van der Waals surface area contributed by atoms with Crippen molar-refractivity contribution in [3.05, 3.63) is 65.7 Å². The van der Waals surface area contributed by atoms with Crippen molar-refractivity contribution >= 4 is 34.1 Å². The van der Waals surface area contributed by atoms with Crippen molar-refractivity contribution in [2.45, 2.75) is 23.1 Å². The van der Waals surface area contributed by atoms with Crippen LogP contribution in [0.15, 0.2) is 60.0 Å². The lowest BCUT2D eigenvalue weighted by atomic mass is 10.2. The molecule has 0 radical (unpaired) electrons. The van der Waals surface area contributed by atoms with E-state index >= 15 is 0 Å². The first-order valence-electron chi connectivity index (χ1n) is 8.09. The highest BCUT2D eigenvalue weighted by Gasteiger charge is 2.24. The summed E-state index contributed by atoms with van der Waals surface area (Å²) in [5.41, 5.74) is 1.33. The Morgan fingerprint density at radius 1 is 1.08 bits per heavy atom. The van der Waals surface area contributed by atoms with Crippen molar-refractivity contribution in [1.82, 2.24) is 14.9 Å². The molecule has 24 heavy (non-hydrogen) atoms. The van der Waals surface area contributed by atoms with Gasteiger partial charge in [-0.05, 0) is 54.2 Å². The molecule has 0 unspecified atom stereocenters. The fourth-order valence-electron chi connectivity index (χ4n) is 3.14. The van der Waals surface area contributed by atoms with E-state index in [-0.39, 0.29) is 0 Å². The maximum absolute atomic E-state index is 6.48. The number of nitrogens with zero attached hydrogens (tertiary/aromatic N) is 3. The Hall–Kier alpha value is -1.62. The van der Waals surface area contributed by atoms with E-state index in [2.05, 4.69) is 33.1 Å². The Labute approximate surface area is 151 Å². The van der Waals surface area contributed by atoms with E-state index in [9.17, 15) is 0 Å². The molecule has 0 saturated carbocycles. The first-order chi connectivity index (χ1) is 11.8. The zero-order chi connectivity index (χ0) is 16.4. The van der Waals surface area contributed by atoms with Crippen LogP contribution in [0.5, 0.6) is 0 Å². The van der Waals surface area contributed by atoms with E-state index in [1.807, 2.05) is 48.7 Å². The second kappa shape index (κ2) is 7.09. The minimum Gasteiger partial charge on any atom is -0.298 e. The van der Waals surface area contributed by atoms with Crippen molar-refractivity contribution in [3.8, 4) is 0 Å². The fraction of sp³-hybridized carbons (Fsp3) is 0.263. The van der Waals surface area contributed by atoms with E-state index in [4.69, 9.17) is 11.6 Å². The number of benzene rings is 1. The maximum atomic E-state index is 6.48. The van der Waals surface area contributed by atoms with Crippen LogP contribution in [0.2, 0.25) is 5.02 Å². The lowest BCUT2D eigenvalue weighted by Crippen LogP contribution is -2.20. The highest BCUT2D eigenvalue weighted by atomic mass is 35.5. The lowest BCUT2D eigenvalue weighted by molar-refractivity contribution is 0.332. The average molecular weight is 356 g/mol. The van der Waals surface area contributed by atoms with Gasteiger partial charge in [-0.3, -0.25) is 14.9 Å². The van der Waals surface area contributed by atoms with E-state index in [0.717, 1.165) is 30.0 Å². The van der Waals surface area contributed by atoms with Crippen molar-refractivity contribution in [1.29, 1.82) is 0 Å². The SMILES string of the molecule is Clc1cc2cnccc2cc1S[C@H]1CCN(Cc2ccncc2)C1. The maximum Gasteiger partial charge on any atom is 0.0548 e. The van der Waals surface area contributed by atoms with E-state index in [1.54, 1.807) is 0 Å². The average Bonchev–Trinajstić information content (AvgIpc) is 3.03. The Balaban J connectivity index is 1.44. The van der Waals surface area contributed by atoms with Crippen LogP contribution in [0.1, 0.15) is 12.0 Å². The zero-order valence-corrected chi connectivity index (χ0v) is 14.8. The number of thioether (sulfide) groups is 1. The number of pyridine rings is 2. The first-order valence-corrected chi connectivity index (χ1v) is 9.35. The summed E-state index contributed by atoms with van der Waals surface area (Å²) in [5.74, 6) is 0. The van der Waals surface area contributed by atoms with Crippen LogP contribution in [-0.2, 0) is 6.54 Å². The molecule has 1 aliphatic rings. The lowest BCUT2D eigenvalue weighted by Gasteiger charge is -2.16. The first kappa shape index (κ1) is 15.9. The van der Waals surface area contributed by atoms with Gasteiger partial charge in [0, 0.05) is 53.4 Å². The van der Waals surface area contributed by atoms with Crippen molar-refractivity contribution in [2.75, 3.05) is 13.1 Å². The number of halogens is 1. The topological polar surface area (TPSA) is 29.0 Å². The molecule has 0 N–H and O–H groups in total. The number of hydrogen-bond donors (Lipinski definition) is 0. The summed E-state index contributed by atoms with van der Waals surface area (Å²) < 4.78 is 0. The van der Waals surface area contributed by atoms with Gasteiger partial charge in [-0.25, -0.2) is 0 Å². The summed E-state index contributed by atoms with van der Waals surface area (Å²) in [6.07, 6.45) is 8.61. The molecule has 0 amide bonds. The van der Waals surface area contributed by atoms with Crippen molar-refractivity contribution < 1.29 is 0 Å².